The third kappa shape index (κ3) is 2.15. The van der Waals surface area contributed by atoms with Gasteiger partial charge in [0.15, 0.2) is 0 Å². The van der Waals surface area contributed by atoms with Crippen molar-refractivity contribution >= 4 is 5.97 Å². The first-order valence-electron chi connectivity index (χ1n) is 4.69. The predicted octanol–water partition coefficient (Wildman–Crippen LogP) is 0.874. The first kappa shape index (κ1) is 10.9. The van der Waals surface area contributed by atoms with Crippen molar-refractivity contribution in [1.82, 2.24) is 4.73 Å². The summed E-state index contributed by atoms with van der Waals surface area (Å²) in [5.74, 6) is -1.54. The van der Waals surface area contributed by atoms with E-state index in [4.69, 9.17) is 9.94 Å². The molecule has 0 spiro atoms. The lowest BCUT2D eigenvalue weighted by Gasteiger charge is -2.06. The maximum atomic E-state index is 11.6. The van der Waals surface area contributed by atoms with Gasteiger partial charge in [-0.25, -0.2) is 4.79 Å². The summed E-state index contributed by atoms with van der Waals surface area (Å²) in [5, 5.41) is 27.6. The van der Waals surface area contributed by atoms with Gasteiger partial charge in [0.25, 0.3) is 0 Å². The second kappa shape index (κ2) is 4.09. The van der Waals surface area contributed by atoms with E-state index >= 15 is 0 Å². The van der Waals surface area contributed by atoms with Crippen LogP contribution in [0.5, 0.6) is 17.5 Å². The quantitative estimate of drug-likeness (QED) is 0.718. The molecule has 1 aromatic carbocycles. The van der Waals surface area contributed by atoms with E-state index in [9.17, 15) is 15.0 Å². The van der Waals surface area contributed by atoms with Gasteiger partial charge in [-0.1, -0.05) is 0 Å². The molecule has 3 N–H and O–H groups in total. The lowest BCUT2D eigenvalue weighted by atomic mass is 10.2. The van der Waals surface area contributed by atoms with E-state index in [1.54, 1.807) is 0 Å². The molecule has 0 amide bonds. The van der Waals surface area contributed by atoms with Crippen LogP contribution in [0.2, 0.25) is 0 Å². The Balaban J connectivity index is 2.20. The van der Waals surface area contributed by atoms with Crippen molar-refractivity contribution in [2.45, 2.75) is 0 Å². The fourth-order valence-corrected chi connectivity index (χ4v) is 1.23. The normalized spacial score (nSPS) is 10.1. The fraction of sp³-hybridized carbons (Fsp3) is 0. The highest BCUT2D eigenvalue weighted by molar-refractivity contribution is 5.89. The van der Waals surface area contributed by atoms with Gasteiger partial charge in [-0.2, -0.15) is 0 Å². The molecule has 0 bridgehead atoms. The molecule has 0 aliphatic heterocycles. The minimum absolute atomic E-state index is 0.0215. The molecule has 0 fully saturated rings. The van der Waals surface area contributed by atoms with Crippen LogP contribution < -0.4 is 4.84 Å². The molecule has 0 atom stereocenters. The van der Waals surface area contributed by atoms with Crippen LogP contribution >= 0.6 is 0 Å². The first-order valence-corrected chi connectivity index (χ1v) is 4.69. The van der Waals surface area contributed by atoms with Crippen molar-refractivity contribution in [2.75, 3.05) is 0 Å². The lowest BCUT2D eigenvalue weighted by Crippen LogP contribution is -2.18. The van der Waals surface area contributed by atoms with Crippen LogP contribution in [-0.2, 0) is 0 Å². The highest BCUT2D eigenvalue weighted by Gasteiger charge is 2.13. The Bertz CT molecular complexity index is 524. The number of rotatable bonds is 2. The Morgan fingerprint density at radius 3 is 2.00 bits per heavy atom. The Labute approximate surface area is 95.9 Å². The highest BCUT2D eigenvalue weighted by Crippen LogP contribution is 2.19. The van der Waals surface area contributed by atoms with Gasteiger partial charge in [0.1, 0.15) is 5.75 Å². The maximum Gasteiger partial charge on any atom is 0.363 e. The Hall–Kier alpha value is -2.63. The van der Waals surface area contributed by atoms with Crippen LogP contribution in [0.25, 0.3) is 0 Å². The Kier molecular flexibility index (Phi) is 2.61. The second-order valence-electron chi connectivity index (χ2n) is 3.27. The maximum absolute atomic E-state index is 11.6. The van der Waals surface area contributed by atoms with E-state index < -0.39 is 17.7 Å². The van der Waals surface area contributed by atoms with Crippen LogP contribution in [0.3, 0.4) is 0 Å². The summed E-state index contributed by atoms with van der Waals surface area (Å²) in [5.41, 5.74) is 0.176. The van der Waals surface area contributed by atoms with Crippen molar-refractivity contribution in [3.05, 3.63) is 42.0 Å². The minimum Gasteiger partial charge on any atom is -0.508 e. The molecular weight excluding hydrogens is 226 g/mol. The van der Waals surface area contributed by atoms with Crippen LogP contribution in [0.1, 0.15) is 10.4 Å². The zero-order valence-corrected chi connectivity index (χ0v) is 8.57. The molecule has 6 heteroatoms. The predicted molar refractivity (Wildman–Crippen MR) is 56.8 cm³/mol. The van der Waals surface area contributed by atoms with Crippen molar-refractivity contribution in [2.24, 2.45) is 0 Å². The van der Waals surface area contributed by atoms with Crippen molar-refractivity contribution in [1.29, 1.82) is 0 Å². The Morgan fingerprint density at radius 2 is 1.47 bits per heavy atom. The molecule has 0 radical (unpaired) electrons. The molecule has 0 aliphatic rings. The number of hydrogen-bond acceptors (Lipinski definition) is 5. The van der Waals surface area contributed by atoms with Crippen LogP contribution in [0.15, 0.2) is 36.4 Å². The largest absolute Gasteiger partial charge is 0.508 e. The van der Waals surface area contributed by atoms with Gasteiger partial charge < -0.3 is 20.2 Å². The summed E-state index contributed by atoms with van der Waals surface area (Å²) in [7, 11) is 0. The van der Waals surface area contributed by atoms with Crippen LogP contribution in [0.4, 0.5) is 0 Å². The molecule has 1 aromatic heterocycles. The zero-order valence-electron chi connectivity index (χ0n) is 8.57. The number of carbonyl (C=O) groups is 1. The molecule has 2 rings (SSSR count). The average molecular weight is 235 g/mol. The van der Waals surface area contributed by atoms with E-state index in [2.05, 4.69) is 0 Å². The molecule has 6 nitrogen and oxygen atoms in total. The third-order valence-corrected chi connectivity index (χ3v) is 2.07. The number of hydrogen-bond donors (Lipinski definition) is 3. The highest BCUT2D eigenvalue weighted by atomic mass is 16.7. The Morgan fingerprint density at radius 1 is 0.941 bits per heavy atom. The molecule has 0 saturated carbocycles. The number of benzene rings is 1. The topological polar surface area (TPSA) is 91.9 Å². The van der Waals surface area contributed by atoms with Gasteiger partial charge in [-0.15, -0.1) is 4.73 Å². The molecule has 0 saturated heterocycles. The fourth-order valence-electron chi connectivity index (χ4n) is 1.23. The van der Waals surface area contributed by atoms with Crippen LogP contribution in [0, 0.1) is 0 Å². The van der Waals surface area contributed by atoms with E-state index in [0.717, 1.165) is 0 Å². The number of aromatic hydroxyl groups is 3. The molecular formula is C11H9NO5. The monoisotopic (exact) mass is 235 g/mol. The standard InChI is InChI=1S/C11H9NO5/c13-8-3-1-7(2-4-8)11(16)17-12-9(14)5-6-10(12)15/h1-6,13-15H. The number of carbonyl (C=O) groups excluding carboxylic acids is 1. The average Bonchev–Trinajstić information content (AvgIpc) is 2.61. The third-order valence-electron chi connectivity index (χ3n) is 2.07. The summed E-state index contributed by atoms with van der Waals surface area (Å²) in [6.07, 6.45) is 0. The van der Waals surface area contributed by atoms with Gasteiger partial charge in [0.2, 0.25) is 11.8 Å². The molecule has 88 valence electrons. The lowest BCUT2D eigenvalue weighted by molar-refractivity contribution is 0.0381. The molecule has 17 heavy (non-hydrogen) atoms. The van der Waals surface area contributed by atoms with E-state index in [-0.39, 0.29) is 11.3 Å². The summed E-state index contributed by atoms with van der Waals surface area (Å²) in [6, 6.07) is 7.72. The summed E-state index contributed by atoms with van der Waals surface area (Å²) in [4.78, 5) is 16.3. The van der Waals surface area contributed by atoms with Gasteiger partial charge in [-0.05, 0) is 24.3 Å². The molecule has 1 heterocycles. The number of nitrogens with zero attached hydrogens (tertiary/aromatic N) is 1. The zero-order chi connectivity index (χ0) is 12.4. The number of phenols is 1. The van der Waals surface area contributed by atoms with Gasteiger partial charge in [0, 0.05) is 12.1 Å². The summed E-state index contributed by atoms with van der Waals surface area (Å²) in [6.45, 7) is 0. The van der Waals surface area contributed by atoms with Gasteiger partial charge >= 0.3 is 5.97 Å². The SMILES string of the molecule is O=C(On1c(O)ccc1O)c1ccc(O)cc1. The van der Waals surface area contributed by atoms with Crippen molar-refractivity contribution in [3.8, 4) is 17.5 Å². The van der Waals surface area contributed by atoms with Crippen molar-refractivity contribution < 1.29 is 25.0 Å². The van der Waals surface area contributed by atoms with E-state index in [1.165, 1.54) is 36.4 Å². The van der Waals surface area contributed by atoms with E-state index in [0.29, 0.717) is 4.73 Å². The molecule has 0 unspecified atom stereocenters. The van der Waals surface area contributed by atoms with Crippen LogP contribution in [-0.4, -0.2) is 26.0 Å². The van der Waals surface area contributed by atoms with Crippen molar-refractivity contribution in [3.63, 3.8) is 0 Å². The first-order chi connectivity index (χ1) is 8.08. The summed E-state index contributed by atoms with van der Waals surface area (Å²) < 4.78 is 0.592. The number of phenolic OH excluding ortho intramolecular Hbond substituents is 1. The number of aromatic nitrogens is 1. The smallest absolute Gasteiger partial charge is 0.363 e. The minimum atomic E-state index is -0.771. The van der Waals surface area contributed by atoms with E-state index in [1.807, 2.05) is 0 Å². The second-order valence-corrected chi connectivity index (χ2v) is 3.27. The molecule has 2 aromatic rings. The van der Waals surface area contributed by atoms with Gasteiger partial charge in [0.05, 0.1) is 5.56 Å². The summed E-state index contributed by atoms with van der Waals surface area (Å²) >= 11 is 0. The van der Waals surface area contributed by atoms with Gasteiger partial charge in [-0.3, -0.25) is 0 Å². The molecule has 0 aliphatic carbocycles.